The number of unbranched alkanes of at least 4 members (excludes halogenated alkanes) is 3. The Morgan fingerprint density at radius 3 is 2.43 bits per heavy atom. The molecule has 0 saturated carbocycles. The Hall–Kier alpha value is -1.39. The van der Waals surface area contributed by atoms with Crippen LogP contribution >= 0.6 is 0 Å². The van der Waals surface area contributed by atoms with Gasteiger partial charge in [-0.2, -0.15) is 0 Å². The number of hydrogen-bond donors (Lipinski definition) is 1. The molecule has 0 aliphatic heterocycles. The van der Waals surface area contributed by atoms with Crippen LogP contribution in [0.25, 0.3) is 0 Å². The van der Waals surface area contributed by atoms with Crippen molar-refractivity contribution in [3.8, 4) is 0 Å². The Labute approximate surface area is 127 Å². The van der Waals surface area contributed by atoms with E-state index in [9.17, 15) is 9.90 Å². The van der Waals surface area contributed by atoms with Crippen LogP contribution in [0.4, 0.5) is 0 Å². The van der Waals surface area contributed by atoms with Crippen molar-refractivity contribution >= 4 is 5.97 Å². The Morgan fingerprint density at radius 2 is 1.86 bits per heavy atom. The summed E-state index contributed by atoms with van der Waals surface area (Å²) in [6.07, 6.45) is 3.65. The smallest absolute Gasteiger partial charge is 0.336 e. The summed E-state index contributed by atoms with van der Waals surface area (Å²) in [6, 6.07) is 9.62. The summed E-state index contributed by atoms with van der Waals surface area (Å²) in [4.78, 5) is 21.8. The Kier molecular flexibility index (Phi) is 7.40. The number of carboxylic acid groups (broad SMARTS) is 1. The summed E-state index contributed by atoms with van der Waals surface area (Å²) in [6.45, 7) is 5.84. The summed E-state index contributed by atoms with van der Waals surface area (Å²) >= 11 is 0. The van der Waals surface area contributed by atoms with E-state index in [2.05, 4.69) is 6.92 Å². The zero-order valence-corrected chi connectivity index (χ0v) is 13.2. The van der Waals surface area contributed by atoms with E-state index in [1.54, 1.807) is 0 Å². The highest BCUT2D eigenvalue weighted by atomic mass is 17.2. The lowest BCUT2D eigenvalue weighted by Gasteiger charge is -2.26. The highest BCUT2D eigenvalue weighted by molar-refractivity contribution is 5.72. The topological polar surface area (TPSA) is 55.8 Å². The summed E-state index contributed by atoms with van der Waals surface area (Å²) in [5, 5.41) is 9.19. The molecule has 1 unspecified atom stereocenters. The molecule has 4 heteroatoms. The van der Waals surface area contributed by atoms with Crippen LogP contribution in [0.15, 0.2) is 30.3 Å². The molecule has 1 atom stereocenters. The van der Waals surface area contributed by atoms with E-state index >= 15 is 0 Å². The van der Waals surface area contributed by atoms with Crippen LogP contribution in [0.3, 0.4) is 0 Å². The van der Waals surface area contributed by atoms with Crippen molar-refractivity contribution in [2.75, 3.05) is 0 Å². The number of rotatable bonds is 10. The number of aliphatic carboxylic acids is 1. The van der Waals surface area contributed by atoms with Crippen molar-refractivity contribution in [1.29, 1.82) is 0 Å². The van der Waals surface area contributed by atoms with Gasteiger partial charge in [-0.1, -0.05) is 62.9 Å². The lowest BCUT2D eigenvalue weighted by Crippen LogP contribution is -2.30. The third kappa shape index (κ3) is 6.27. The zero-order valence-electron chi connectivity index (χ0n) is 13.2. The SMILES string of the molecule is CCCCCCC(OOC(C)(C)c1ccccc1)C(=O)O. The van der Waals surface area contributed by atoms with Crippen molar-refractivity contribution in [2.24, 2.45) is 0 Å². The van der Waals surface area contributed by atoms with Gasteiger partial charge >= 0.3 is 5.97 Å². The molecule has 1 aromatic rings. The van der Waals surface area contributed by atoms with Gasteiger partial charge in [0.1, 0.15) is 5.60 Å². The van der Waals surface area contributed by atoms with Crippen molar-refractivity contribution in [2.45, 2.75) is 64.6 Å². The van der Waals surface area contributed by atoms with Crippen LogP contribution in [0.2, 0.25) is 0 Å². The molecule has 0 radical (unpaired) electrons. The van der Waals surface area contributed by atoms with Gasteiger partial charge in [-0.3, -0.25) is 0 Å². The molecule has 1 aromatic carbocycles. The van der Waals surface area contributed by atoms with E-state index in [1.807, 2.05) is 44.2 Å². The summed E-state index contributed by atoms with van der Waals surface area (Å²) < 4.78 is 0. The number of benzene rings is 1. The lowest BCUT2D eigenvalue weighted by atomic mass is 9.99. The Morgan fingerprint density at radius 1 is 1.19 bits per heavy atom. The number of carboxylic acids is 1. The summed E-state index contributed by atoms with van der Waals surface area (Å²) in [7, 11) is 0. The van der Waals surface area contributed by atoms with Gasteiger partial charge in [0.25, 0.3) is 0 Å². The molecule has 1 rings (SSSR count). The molecule has 4 nitrogen and oxygen atoms in total. The molecule has 0 fully saturated rings. The van der Waals surface area contributed by atoms with Crippen LogP contribution < -0.4 is 0 Å². The van der Waals surface area contributed by atoms with Crippen molar-refractivity contribution in [1.82, 2.24) is 0 Å². The molecule has 0 saturated heterocycles. The first-order chi connectivity index (χ1) is 9.97. The quantitative estimate of drug-likeness (QED) is 0.397. The molecule has 0 aliphatic rings. The molecule has 0 aliphatic carbocycles. The highest BCUT2D eigenvalue weighted by Gasteiger charge is 2.27. The maximum Gasteiger partial charge on any atom is 0.336 e. The molecule has 0 spiro atoms. The van der Waals surface area contributed by atoms with Gasteiger partial charge in [0.2, 0.25) is 0 Å². The van der Waals surface area contributed by atoms with Crippen molar-refractivity contribution in [3.63, 3.8) is 0 Å². The van der Waals surface area contributed by atoms with Gasteiger partial charge in [0, 0.05) is 0 Å². The molecule has 0 heterocycles. The first kappa shape index (κ1) is 17.7. The second-order valence-corrected chi connectivity index (χ2v) is 5.73. The minimum absolute atomic E-state index is 0.472. The third-order valence-corrected chi connectivity index (χ3v) is 3.44. The summed E-state index contributed by atoms with van der Waals surface area (Å²) in [5.74, 6) is -0.977. The second kappa shape index (κ2) is 8.80. The minimum atomic E-state index is -0.977. The predicted molar refractivity (Wildman–Crippen MR) is 81.8 cm³/mol. The lowest BCUT2D eigenvalue weighted by molar-refractivity contribution is -0.377. The van der Waals surface area contributed by atoms with E-state index in [-0.39, 0.29) is 0 Å². The average Bonchev–Trinajstić information content (AvgIpc) is 2.47. The first-order valence-electron chi connectivity index (χ1n) is 7.60. The molecule has 21 heavy (non-hydrogen) atoms. The standard InChI is InChI=1S/C17H26O4/c1-4-5-6-10-13-15(16(18)19)20-21-17(2,3)14-11-8-7-9-12-14/h7-9,11-12,15H,4-6,10,13H2,1-3H3,(H,18,19). The third-order valence-electron chi connectivity index (χ3n) is 3.44. The van der Waals surface area contributed by atoms with Crippen LogP contribution in [0.5, 0.6) is 0 Å². The van der Waals surface area contributed by atoms with E-state index in [4.69, 9.17) is 9.78 Å². The van der Waals surface area contributed by atoms with Gasteiger partial charge in [0.05, 0.1) is 0 Å². The maximum atomic E-state index is 11.2. The van der Waals surface area contributed by atoms with Crippen LogP contribution in [0, 0.1) is 0 Å². The second-order valence-electron chi connectivity index (χ2n) is 5.73. The predicted octanol–water partition coefficient (Wildman–Crippen LogP) is 4.29. The molecular formula is C17H26O4. The fraction of sp³-hybridized carbons (Fsp3) is 0.588. The fourth-order valence-electron chi connectivity index (χ4n) is 2.04. The highest BCUT2D eigenvalue weighted by Crippen LogP contribution is 2.25. The van der Waals surface area contributed by atoms with Gasteiger partial charge in [-0.05, 0) is 25.8 Å². The van der Waals surface area contributed by atoms with Gasteiger partial charge in [-0.25, -0.2) is 14.6 Å². The van der Waals surface area contributed by atoms with Crippen LogP contribution in [-0.4, -0.2) is 17.2 Å². The van der Waals surface area contributed by atoms with Crippen molar-refractivity contribution < 1.29 is 19.7 Å². The molecule has 0 bridgehead atoms. The fourth-order valence-corrected chi connectivity index (χ4v) is 2.04. The minimum Gasteiger partial charge on any atom is -0.479 e. The largest absolute Gasteiger partial charge is 0.479 e. The van der Waals surface area contributed by atoms with E-state index in [1.165, 1.54) is 0 Å². The first-order valence-corrected chi connectivity index (χ1v) is 7.60. The maximum absolute atomic E-state index is 11.2. The molecule has 118 valence electrons. The number of hydrogen-bond acceptors (Lipinski definition) is 3. The molecular weight excluding hydrogens is 268 g/mol. The average molecular weight is 294 g/mol. The van der Waals surface area contributed by atoms with Crippen LogP contribution in [-0.2, 0) is 20.2 Å². The van der Waals surface area contributed by atoms with Gasteiger partial charge in [-0.15, -0.1) is 0 Å². The van der Waals surface area contributed by atoms with E-state index in [0.717, 1.165) is 31.2 Å². The number of carbonyl (C=O) groups is 1. The van der Waals surface area contributed by atoms with Crippen LogP contribution in [0.1, 0.15) is 58.4 Å². The molecule has 0 amide bonds. The van der Waals surface area contributed by atoms with Gasteiger partial charge < -0.3 is 5.11 Å². The van der Waals surface area contributed by atoms with Gasteiger partial charge in [0.15, 0.2) is 6.10 Å². The van der Waals surface area contributed by atoms with E-state index in [0.29, 0.717) is 6.42 Å². The monoisotopic (exact) mass is 294 g/mol. The molecule has 0 aromatic heterocycles. The Bertz CT molecular complexity index is 414. The van der Waals surface area contributed by atoms with E-state index < -0.39 is 17.7 Å². The molecule has 1 N–H and O–H groups in total. The van der Waals surface area contributed by atoms with Crippen molar-refractivity contribution in [3.05, 3.63) is 35.9 Å². The summed E-state index contributed by atoms with van der Waals surface area (Å²) in [5.41, 5.74) is 0.262. The Balaban J connectivity index is 2.50. The normalized spacial score (nSPS) is 13.1. The zero-order chi connectivity index (χ0) is 15.7.